The van der Waals surface area contributed by atoms with Gasteiger partial charge in [-0.15, -0.1) is 0 Å². The molecule has 8 heteroatoms. The van der Waals surface area contributed by atoms with Crippen LogP contribution in [0.5, 0.6) is 0 Å². The molecule has 0 saturated carbocycles. The van der Waals surface area contributed by atoms with E-state index in [4.69, 9.17) is 4.74 Å². The van der Waals surface area contributed by atoms with Crippen molar-refractivity contribution < 1.29 is 17.9 Å². The normalized spacial score (nSPS) is 20.2. The molecule has 0 radical (unpaired) electrons. The maximum Gasteiger partial charge on any atom is 0.235 e. The third-order valence-electron chi connectivity index (χ3n) is 4.14. The number of hydrogen-bond donors (Lipinski definition) is 1. The Bertz CT molecular complexity index is 448. The van der Waals surface area contributed by atoms with Crippen molar-refractivity contribution >= 4 is 15.9 Å². The second-order valence-electron chi connectivity index (χ2n) is 5.75. The second kappa shape index (κ2) is 7.53. The molecular formula is C13H27N3O4S. The molecule has 124 valence electrons. The van der Waals surface area contributed by atoms with E-state index in [-0.39, 0.29) is 18.0 Å². The predicted molar refractivity (Wildman–Crippen MR) is 81.6 cm³/mol. The van der Waals surface area contributed by atoms with Crippen molar-refractivity contribution in [3.8, 4) is 0 Å². The lowest BCUT2D eigenvalue weighted by Crippen LogP contribution is -2.57. The minimum Gasteiger partial charge on any atom is -0.379 e. The zero-order valence-electron chi connectivity index (χ0n) is 13.4. The minimum absolute atomic E-state index is 0.136. The van der Waals surface area contributed by atoms with E-state index in [1.54, 1.807) is 0 Å². The number of nitrogens with zero attached hydrogens (tertiary/aromatic N) is 2. The third-order valence-corrected chi connectivity index (χ3v) is 5.40. The fourth-order valence-corrected chi connectivity index (χ4v) is 2.58. The first-order valence-electron chi connectivity index (χ1n) is 7.20. The molecule has 0 spiro atoms. The summed E-state index contributed by atoms with van der Waals surface area (Å²) in [6, 6.07) is 0. The molecule has 1 amide bonds. The molecule has 0 aromatic rings. The number of carbonyl (C=O) groups excluding carboxylic acids is 1. The standard InChI is InChI=1S/C13H27N3O4S/c1-5-13(2,16-6-8-20-9-7-16)11-14-12(17)10-15(3)21(4,18)19/h5-11H2,1-4H3,(H,14,17). The summed E-state index contributed by atoms with van der Waals surface area (Å²) in [7, 11) is -1.93. The van der Waals surface area contributed by atoms with Gasteiger partial charge in [-0.3, -0.25) is 9.69 Å². The molecule has 0 bridgehead atoms. The molecule has 0 aromatic carbocycles. The molecule has 7 nitrogen and oxygen atoms in total. The van der Waals surface area contributed by atoms with Gasteiger partial charge in [-0.1, -0.05) is 6.92 Å². The number of likely N-dealkylation sites (N-methyl/N-ethyl adjacent to an activating group) is 1. The van der Waals surface area contributed by atoms with E-state index in [1.807, 2.05) is 0 Å². The average molecular weight is 321 g/mol. The fraction of sp³-hybridized carbons (Fsp3) is 0.923. The van der Waals surface area contributed by atoms with Crippen LogP contribution in [0.2, 0.25) is 0 Å². The van der Waals surface area contributed by atoms with Crippen LogP contribution in [-0.2, 0) is 19.6 Å². The predicted octanol–water partition coefficient (Wildman–Crippen LogP) is -0.505. The Kier molecular flexibility index (Phi) is 6.58. The molecule has 1 saturated heterocycles. The average Bonchev–Trinajstić information content (AvgIpc) is 2.44. The van der Waals surface area contributed by atoms with E-state index < -0.39 is 10.0 Å². The van der Waals surface area contributed by atoms with Crippen molar-refractivity contribution in [3.05, 3.63) is 0 Å². The first kappa shape index (κ1) is 18.3. The SMILES string of the molecule is CCC(C)(CNC(=O)CN(C)S(C)(=O)=O)N1CCOCC1. The molecule has 1 rings (SSSR count). The number of nitrogens with one attached hydrogen (secondary N) is 1. The van der Waals surface area contributed by atoms with E-state index in [9.17, 15) is 13.2 Å². The van der Waals surface area contributed by atoms with Crippen molar-refractivity contribution in [2.75, 3.05) is 52.7 Å². The molecule has 1 atom stereocenters. The molecule has 1 N–H and O–H groups in total. The van der Waals surface area contributed by atoms with Crippen LogP contribution in [0, 0.1) is 0 Å². The first-order chi connectivity index (χ1) is 9.69. The summed E-state index contributed by atoms with van der Waals surface area (Å²) in [6.45, 7) is 7.67. The summed E-state index contributed by atoms with van der Waals surface area (Å²) in [5.41, 5.74) is -0.136. The summed E-state index contributed by atoms with van der Waals surface area (Å²) in [6.07, 6.45) is 1.99. The van der Waals surface area contributed by atoms with E-state index in [2.05, 4.69) is 24.1 Å². The van der Waals surface area contributed by atoms with Gasteiger partial charge in [0.15, 0.2) is 0 Å². The van der Waals surface area contributed by atoms with Gasteiger partial charge >= 0.3 is 0 Å². The number of morpholine rings is 1. The van der Waals surface area contributed by atoms with Crippen molar-refractivity contribution in [1.82, 2.24) is 14.5 Å². The highest BCUT2D eigenvalue weighted by Crippen LogP contribution is 2.19. The Morgan fingerprint density at radius 3 is 2.43 bits per heavy atom. The van der Waals surface area contributed by atoms with Crippen LogP contribution < -0.4 is 5.32 Å². The minimum atomic E-state index is -3.33. The largest absolute Gasteiger partial charge is 0.379 e. The maximum atomic E-state index is 11.9. The summed E-state index contributed by atoms with van der Waals surface area (Å²) in [5, 5.41) is 2.85. The summed E-state index contributed by atoms with van der Waals surface area (Å²) in [5.74, 6) is -0.282. The highest BCUT2D eigenvalue weighted by molar-refractivity contribution is 7.88. The number of carbonyl (C=O) groups is 1. The van der Waals surface area contributed by atoms with Gasteiger partial charge < -0.3 is 10.1 Å². The van der Waals surface area contributed by atoms with Gasteiger partial charge in [-0.05, 0) is 13.3 Å². The Hall–Kier alpha value is -0.700. The van der Waals surface area contributed by atoms with Gasteiger partial charge in [0.2, 0.25) is 15.9 Å². The molecule has 0 aromatic heterocycles. The Labute approximate surface area is 127 Å². The molecule has 1 fully saturated rings. The zero-order valence-corrected chi connectivity index (χ0v) is 14.2. The summed E-state index contributed by atoms with van der Waals surface area (Å²) >= 11 is 0. The van der Waals surface area contributed by atoms with Crippen LogP contribution in [-0.4, -0.2) is 81.8 Å². The molecule has 1 unspecified atom stereocenters. The van der Waals surface area contributed by atoms with Crippen molar-refractivity contribution in [3.63, 3.8) is 0 Å². The number of rotatable bonds is 7. The van der Waals surface area contributed by atoms with E-state index in [1.165, 1.54) is 7.05 Å². The van der Waals surface area contributed by atoms with Gasteiger partial charge in [0.1, 0.15) is 0 Å². The van der Waals surface area contributed by atoms with Gasteiger partial charge in [0.05, 0.1) is 26.0 Å². The molecule has 21 heavy (non-hydrogen) atoms. The van der Waals surface area contributed by atoms with Gasteiger partial charge in [0, 0.05) is 32.2 Å². The van der Waals surface area contributed by atoms with E-state index >= 15 is 0 Å². The van der Waals surface area contributed by atoms with Crippen LogP contribution in [0.3, 0.4) is 0 Å². The molecule has 1 aliphatic rings. The first-order valence-corrected chi connectivity index (χ1v) is 9.04. The van der Waals surface area contributed by atoms with E-state index in [0.29, 0.717) is 19.8 Å². The second-order valence-corrected chi connectivity index (χ2v) is 7.84. The Morgan fingerprint density at radius 1 is 1.38 bits per heavy atom. The lowest BCUT2D eigenvalue weighted by Gasteiger charge is -2.43. The van der Waals surface area contributed by atoms with Gasteiger partial charge in [-0.25, -0.2) is 8.42 Å². The third kappa shape index (κ3) is 5.54. The fourth-order valence-electron chi connectivity index (χ4n) is 2.23. The summed E-state index contributed by atoms with van der Waals surface area (Å²) in [4.78, 5) is 14.2. The van der Waals surface area contributed by atoms with Crippen LogP contribution in [0.15, 0.2) is 0 Å². The van der Waals surface area contributed by atoms with Crippen LogP contribution >= 0.6 is 0 Å². The monoisotopic (exact) mass is 321 g/mol. The Morgan fingerprint density at radius 2 is 1.95 bits per heavy atom. The Balaban J connectivity index is 2.52. The molecular weight excluding hydrogens is 294 g/mol. The van der Waals surface area contributed by atoms with Gasteiger partial charge in [-0.2, -0.15) is 4.31 Å². The number of amides is 1. The quantitative estimate of drug-likeness (QED) is 0.683. The maximum absolute atomic E-state index is 11.9. The van der Waals surface area contributed by atoms with E-state index in [0.717, 1.165) is 30.1 Å². The number of hydrogen-bond acceptors (Lipinski definition) is 5. The van der Waals surface area contributed by atoms with Crippen LogP contribution in [0.1, 0.15) is 20.3 Å². The lowest BCUT2D eigenvalue weighted by molar-refractivity contribution is -0.122. The van der Waals surface area contributed by atoms with Crippen molar-refractivity contribution in [2.45, 2.75) is 25.8 Å². The highest BCUT2D eigenvalue weighted by atomic mass is 32.2. The zero-order chi connectivity index (χ0) is 16.1. The van der Waals surface area contributed by atoms with Crippen LogP contribution in [0.25, 0.3) is 0 Å². The molecule has 1 heterocycles. The van der Waals surface area contributed by atoms with Crippen molar-refractivity contribution in [1.29, 1.82) is 0 Å². The highest BCUT2D eigenvalue weighted by Gasteiger charge is 2.31. The molecule has 1 aliphatic heterocycles. The topological polar surface area (TPSA) is 79.0 Å². The smallest absolute Gasteiger partial charge is 0.235 e. The lowest BCUT2D eigenvalue weighted by atomic mass is 9.95. The molecule has 0 aliphatic carbocycles. The van der Waals surface area contributed by atoms with Crippen LogP contribution in [0.4, 0.5) is 0 Å². The summed E-state index contributed by atoms with van der Waals surface area (Å²) < 4.78 is 29.0. The number of ether oxygens (including phenoxy) is 1. The number of sulfonamides is 1. The van der Waals surface area contributed by atoms with Crippen molar-refractivity contribution in [2.24, 2.45) is 0 Å². The van der Waals surface area contributed by atoms with Gasteiger partial charge in [0.25, 0.3) is 0 Å².